The third-order valence-corrected chi connectivity index (χ3v) is 4.30. The van der Waals surface area contributed by atoms with Crippen molar-refractivity contribution in [3.63, 3.8) is 0 Å². The fourth-order valence-corrected chi connectivity index (χ4v) is 3.18. The molecule has 0 saturated carbocycles. The molecule has 0 bridgehead atoms. The molecule has 0 radical (unpaired) electrons. The summed E-state index contributed by atoms with van der Waals surface area (Å²) in [6, 6.07) is 38.4. The summed E-state index contributed by atoms with van der Waals surface area (Å²) < 4.78 is 0. The van der Waals surface area contributed by atoms with Crippen LogP contribution >= 0.6 is 12.4 Å². The van der Waals surface area contributed by atoms with Gasteiger partial charge in [0.1, 0.15) is 0 Å². The molecular formula is C24H19Cl. The van der Waals surface area contributed by atoms with Crippen LogP contribution in [0.25, 0.3) is 33.4 Å². The summed E-state index contributed by atoms with van der Waals surface area (Å²) in [5.74, 6) is 0. The van der Waals surface area contributed by atoms with Gasteiger partial charge in [-0.3, -0.25) is 0 Å². The van der Waals surface area contributed by atoms with Crippen LogP contribution in [0.4, 0.5) is 0 Å². The van der Waals surface area contributed by atoms with E-state index in [0.29, 0.717) is 0 Å². The van der Waals surface area contributed by atoms with Gasteiger partial charge in [-0.15, -0.1) is 12.4 Å². The fourth-order valence-electron chi connectivity index (χ4n) is 3.18. The van der Waals surface area contributed by atoms with Crippen LogP contribution in [-0.4, -0.2) is 0 Å². The Morgan fingerprint density at radius 3 is 1.08 bits per heavy atom. The standard InChI is InChI=1S/C24H18.ClH/c1-4-11-19(12-5-1)22-17-10-18-23(20-13-6-2-7-14-20)24(22)21-15-8-3-9-16-21;/h1-18H;1H. The van der Waals surface area contributed by atoms with Gasteiger partial charge in [0.2, 0.25) is 0 Å². The van der Waals surface area contributed by atoms with Crippen LogP contribution in [0.1, 0.15) is 0 Å². The van der Waals surface area contributed by atoms with E-state index in [1.165, 1.54) is 33.4 Å². The Hall–Kier alpha value is -2.83. The van der Waals surface area contributed by atoms with Crippen LogP contribution in [0.15, 0.2) is 109 Å². The molecule has 0 amide bonds. The Morgan fingerprint density at radius 1 is 0.320 bits per heavy atom. The van der Waals surface area contributed by atoms with E-state index in [0.717, 1.165) is 0 Å². The highest BCUT2D eigenvalue weighted by Gasteiger charge is 2.13. The van der Waals surface area contributed by atoms with E-state index in [1.54, 1.807) is 0 Å². The Kier molecular flexibility index (Phi) is 5.33. The second-order valence-electron chi connectivity index (χ2n) is 5.83. The molecule has 1 heteroatoms. The molecule has 0 unspecified atom stereocenters. The molecule has 0 heterocycles. The van der Waals surface area contributed by atoms with E-state index in [9.17, 15) is 0 Å². The molecule has 0 nitrogen and oxygen atoms in total. The van der Waals surface area contributed by atoms with Crippen LogP contribution in [-0.2, 0) is 0 Å². The highest BCUT2D eigenvalue weighted by molar-refractivity contribution is 5.94. The van der Waals surface area contributed by atoms with Crippen molar-refractivity contribution >= 4 is 12.4 Å². The first-order chi connectivity index (χ1) is 11.9. The zero-order chi connectivity index (χ0) is 16.2. The summed E-state index contributed by atoms with van der Waals surface area (Å²) in [6.07, 6.45) is 0. The Morgan fingerprint density at radius 2 is 0.680 bits per heavy atom. The van der Waals surface area contributed by atoms with Crippen molar-refractivity contribution in [2.24, 2.45) is 0 Å². The second kappa shape index (κ2) is 7.83. The van der Waals surface area contributed by atoms with E-state index >= 15 is 0 Å². The van der Waals surface area contributed by atoms with Crippen LogP contribution < -0.4 is 0 Å². The van der Waals surface area contributed by atoms with Crippen LogP contribution in [0.3, 0.4) is 0 Å². The van der Waals surface area contributed by atoms with E-state index in [2.05, 4.69) is 109 Å². The Balaban J connectivity index is 0.00000182. The third kappa shape index (κ3) is 3.50. The molecule has 0 aliphatic heterocycles. The Bertz CT molecular complexity index is 872. The van der Waals surface area contributed by atoms with E-state index in [4.69, 9.17) is 0 Å². The van der Waals surface area contributed by atoms with Crippen molar-refractivity contribution in [3.05, 3.63) is 109 Å². The molecule has 4 rings (SSSR count). The van der Waals surface area contributed by atoms with E-state index < -0.39 is 0 Å². The number of hydrogen-bond donors (Lipinski definition) is 0. The lowest BCUT2D eigenvalue weighted by Gasteiger charge is -2.16. The minimum Gasteiger partial charge on any atom is -0.147 e. The zero-order valence-corrected chi connectivity index (χ0v) is 14.6. The minimum atomic E-state index is 0. The van der Waals surface area contributed by atoms with Gasteiger partial charge in [-0.1, -0.05) is 109 Å². The predicted molar refractivity (Wildman–Crippen MR) is 110 cm³/mol. The first kappa shape index (κ1) is 17.0. The summed E-state index contributed by atoms with van der Waals surface area (Å²) in [5.41, 5.74) is 7.56. The molecular weight excluding hydrogens is 324 g/mol. The number of hydrogen-bond acceptors (Lipinski definition) is 0. The summed E-state index contributed by atoms with van der Waals surface area (Å²) >= 11 is 0. The molecule has 0 aliphatic rings. The van der Waals surface area contributed by atoms with Gasteiger partial charge in [0.05, 0.1) is 0 Å². The first-order valence-electron chi connectivity index (χ1n) is 8.23. The van der Waals surface area contributed by atoms with E-state index in [1.807, 2.05) is 0 Å². The monoisotopic (exact) mass is 342 g/mol. The van der Waals surface area contributed by atoms with Gasteiger partial charge < -0.3 is 0 Å². The van der Waals surface area contributed by atoms with Crippen molar-refractivity contribution in [1.82, 2.24) is 0 Å². The lowest BCUT2D eigenvalue weighted by molar-refractivity contribution is 1.56. The summed E-state index contributed by atoms with van der Waals surface area (Å²) in [5, 5.41) is 0. The normalized spacial score (nSPS) is 10.1. The molecule has 0 fully saturated rings. The maximum Gasteiger partial charge on any atom is -0.00268 e. The van der Waals surface area contributed by atoms with Gasteiger partial charge in [-0.2, -0.15) is 0 Å². The SMILES string of the molecule is Cl.c1ccc(-c2cccc(-c3ccccc3)c2-c2ccccc2)cc1. The quantitative estimate of drug-likeness (QED) is 0.372. The molecule has 4 aromatic rings. The minimum absolute atomic E-state index is 0. The smallest absolute Gasteiger partial charge is 0.00268 e. The van der Waals surface area contributed by atoms with Crippen LogP contribution in [0.2, 0.25) is 0 Å². The number of halogens is 1. The molecule has 4 aromatic carbocycles. The van der Waals surface area contributed by atoms with Gasteiger partial charge in [-0.05, 0) is 33.4 Å². The third-order valence-electron chi connectivity index (χ3n) is 4.30. The lowest BCUT2D eigenvalue weighted by atomic mass is 9.88. The molecule has 122 valence electrons. The number of rotatable bonds is 3. The van der Waals surface area contributed by atoms with Crippen molar-refractivity contribution in [2.45, 2.75) is 0 Å². The lowest BCUT2D eigenvalue weighted by Crippen LogP contribution is -1.90. The van der Waals surface area contributed by atoms with Crippen LogP contribution in [0.5, 0.6) is 0 Å². The highest BCUT2D eigenvalue weighted by atomic mass is 35.5. The van der Waals surface area contributed by atoms with E-state index in [-0.39, 0.29) is 12.4 Å². The maximum atomic E-state index is 2.21. The van der Waals surface area contributed by atoms with Gasteiger partial charge in [-0.25, -0.2) is 0 Å². The maximum absolute atomic E-state index is 2.21. The van der Waals surface area contributed by atoms with Crippen molar-refractivity contribution in [1.29, 1.82) is 0 Å². The van der Waals surface area contributed by atoms with Gasteiger partial charge in [0.25, 0.3) is 0 Å². The number of benzene rings is 4. The average molecular weight is 343 g/mol. The molecule has 0 aromatic heterocycles. The topological polar surface area (TPSA) is 0 Å². The fraction of sp³-hybridized carbons (Fsp3) is 0. The predicted octanol–water partition coefficient (Wildman–Crippen LogP) is 7.11. The Labute approximate surface area is 155 Å². The largest absolute Gasteiger partial charge is 0.147 e. The van der Waals surface area contributed by atoms with Crippen molar-refractivity contribution < 1.29 is 0 Å². The van der Waals surface area contributed by atoms with Crippen LogP contribution in [0, 0.1) is 0 Å². The molecule has 25 heavy (non-hydrogen) atoms. The van der Waals surface area contributed by atoms with Crippen molar-refractivity contribution in [2.75, 3.05) is 0 Å². The summed E-state index contributed by atoms with van der Waals surface area (Å²) in [7, 11) is 0. The molecule has 0 aliphatic carbocycles. The summed E-state index contributed by atoms with van der Waals surface area (Å²) in [4.78, 5) is 0. The van der Waals surface area contributed by atoms with Crippen molar-refractivity contribution in [3.8, 4) is 33.4 Å². The molecule has 0 saturated heterocycles. The summed E-state index contributed by atoms with van der Waals surface area (Å²) in [6.45, 7) is 0. The average Bonchev–Trinajstić information content (AvgIpc) is 2.69. The highest BCUT2D eigenvalue weighted by Crippen LogP contribution is 2.39. The zero-order valence-electron chi connectivity index (χ0n) is 13.8. The van der Waals surface area contributed by atoms with Gasteiger partial charge >= 0.3 is 0 Å². The second-order valence-corrected chi connectivity index (χ2v) is 5.83. The molecule has 0 atom stereocenters. The first-order valence-corrected chi connectivity index (χ1v) is 8.23. The van der Waals surface area contributed by atoms with Gasteiger partial charge in [0, 0.05) is 0 Å². The van der Waals surface area contributed by atoms with Gasteiger partial charge in [0.15, 0.2) is 0 Å². The molecule has 0 spiro atoms. The molecule has 0 N–H and O–H groups in total.